The quantitative estimate of drug-likeness (QED) is 0.662. The average molecular weight is 260 g/mol. The highest BCUT2D eigenvalue weighted by Crippen LogP contribution is 2.21. The molecule has 0 spiro atoms. The van der Waals surface area contributed by atoms with E-state index in [0.717, 1.165) is 4.68 Å². The van der Waals surface area contributed by atoms with Gasteiger partial charge >= 0.3 is 0 Å². The third-order valence-corrected chi connectivity index (χ3v) is 2.55. The standard InChI is InChI=1S/C9H7F3N4S/c1-17-9-14-8(13)16(15-9)7-3-5(11)4(10)2-6(7)12/h2-3H,1H3,(H2,13,14,15). The van der Waals surface area contributed by atoms with Crippen LogP contribution in [0.15, 0.2) is 17.3 Å². The van der Waals surface area contributed by atoms with Crippen LogP contribution in [0.3, 0.4) is 0 Å². The van der Waals surface area contributed by atoms with Crippen LogP contribution in [0.4, 0.5) is 19.1 Å². The molecule has 0 aliphatic carbocycles. The summed E-state index contributed by atoms with van der Waals surface area (Å²) in [6.45, 7) is 0. The Kier molecular flexibility index (Phi) is 2.97. The van der Waals surface area contributed by atoms with Crippen LogP contribution in [-0.2, 0) is 0 Å². The first-order valence-electron chi connectivity index (χ1n) is 4.44. The number of hydrogen-bond donors (Lipinski definition) is 1. The zero-order valence-electron chi connectivity index (χ0n) is 8.62. The fourth-order valence-electron chi connectivity index (χ4n) is 1.24. The molecule has 0 atom stereocenters. The molecule has 4 nitrogen and oxygen atoms in total. The molecule has 2 rings (SSSR count). The van der Waals surface area contributed by atoms with Crippen LogP contribution in [0, 0.1) is 17.5 Å². The summed E-state index contributed by atoms with van der Waals surface area (Å²) in [5.41, 5.74) is 5.22. The molecule has 1 aromatic heterocycles. The summed E-state index contributed by atoms with van der Waals surface area (Å²) in [6.07, 6.45) is 1.71. The molecule has 0 amide bonds. The van der Waals surface area contributed by atoms with E-state index in [0.29, 0.717) is 17.3 Å². The molecule has 0 bridgehead atoms. The molecule has 0 saturated heterocycles. The summed E-state index contributed by atoms with van der Waals surface area (Å²) in [7, 11) is 0. The highest BCUT2D eigenvalue weighted by molar-refractivity contribution is 7.98. The van der Waals surface area contributed by atoms with Gasteiger partial charge in [-0.2, -0.15) is 9.67 Å². The lowest BCUT2D eigenvalue weighted by Crippen LogP contribution is -2.06. The van der Waals surface area contributed by atoms with Gasteiger partial charge in [0.1, 0.15) is 5.69 Å². The van der Waals surface area contributed by atoms with Crippen molar-refractivity contribution in [2.45, 2.75) is 5.16 Å². The molecule has 17 heavy (non-hydrogen) atoms. The molecule has 0 aliphatic heterocycles. The fraction of sp³-hybridized carbons (Fsp3) is 0.111. The molecular weight excluding hydrogens is 253 g/mol. The van der Waals surface area contributed by atoms with Gasteiger partial charge < -0.3 is 5.73 Å². The Morgan fingerprint density at radius 2 is 1.82 bits per heavy atom. The fourth-order valence-corrected chi connectivity index (χ4v) is 1.59. The molecule has 0 unspecified atom stereocenters. The normalized spacial score (nSPS) is 10.8. The molecule has 1 aromatic carbocycles. The molecule has 2 aromatic rings. The molecule has 0 fully saturated rings. The van der Waals surface area contributed by atoms with E-state index in [9.17, 15) is 13.2 Å². The summed E-state index contributed by atoms with van der Waals surface area (Å²) in [5.74, 6) is -3.51. The molecule has 0 aliphatic rings. The first-order valence-corrected chi connectivity index (χ1v) is 5.67. The SMILES string of the molecule is CSc1nc(N)n(-c2cc(F)c(F)cc2F)n1. The number of aromatic nitrogens is 3. The van der Waals surface area contributed by atoms with Gasteiger partial charge in [0, 0.05) is 12.1 Å². The Labute approximate surface area is 98.6 Å². The minimum absolute atomic E-state index is 0.0979. The number of nitrogens with zero attached hydrogens (tertiary/aromatic N) is 3. The number of benzene rings is 1. The van der Waals surface area contributed by atoms with Crippen molar-refractivity contribution in [3.05, 3.63) is 29.6 Å². The van der Waals surface area contributed by atoms with Gasteiger partial charge in [-0.05, 0) is 6.26 Å². The molecule has 90 valence electrons. The van der Waals surface area contributed by atoms with E-state index in [2.05, 4.69) is 10.1 Å². The number of halogens is 3. The van der Waals surface area contributed by atoms with Gasteiger partial charge in [0.05, 0.1) is 0 Å². The van der Waals surface area contributed by atoms with E-state index in [1.165, 1.54) is 11.8 Å². The lowest BCUT2D eigenvalue weighted by atomic mass is 10.3. The minimum atomic E-state index is -1.27. The highest BCUT2D eigenvalue weighted by Gasteiger charge is 2.15. The van der Waals surface area contributed by atoms with Crippen LogP contribution in [0.5, 0.6) is 0 Å². The first kappa shape index (κ1) is 11.8. The van der Waals surface area contributed by atoms with Gasteiger partial charge in [0.15, 0.2) is 17.5 Å². The Morgan fingerprint density at radius 3 is 2.41 bits per heavy atom. The monoisotopic (exact) mass is 260 g/mol. The van der Waals surface area contributed by atoms with Crippen LogP contribution in [0.2, 0.25) is 0 Å². The zero-order valence-corrected chi connectivity index (χ0v) is 9.43. The van der Waals surface area contributed by atoms with Crippen LogP contribution in [0.1, 0.15) is 0 Å². The van der Waals surface area contributed by atoms with Gasteiger partial charge in [0.25, 0.3) is 0 Å². The van der Waals surface area contributed by atoms with E-state index in [1.807, 2.05) is 0 Å². The Balaban J connectivity index is 2.59. The van der Waals surface area contributed by atoms with Gasteiger partial charge in [-0.3, -0.25) is 0 Å². The van der Waals surface area contributed by atoms with Crippen molar-refractivity contribution in [1.82, 2.24) is 14.8 Å². The Hall–Kier alpha value is -1.70. The summed E-state index contributed by atoms with van der Waals surface area (Å²) in [4.78, 5) is 3.81. The second-order valence-corrected chi connectivity index (χ2v) is 3.86. The van der Waals surface area contributed by atoms with E-state index in [1.54, 1.807) is 6.26 Å². The van der Waals surface area contributed by atoms with Crippen LogP contribution in [-0.4, -0.2) is 21.0 Å². The summed E-state index contributed by atoms with van der Waals surface area (Å²) in [5, 5.41) is 4.16. The minimum Gasteiger partial charge on any atom is -0.368 e. The maximum absolute atomic E-state index is 13.5. The van der Waals surface area contributed by atoms with Gasteiger partial charge in [-0.1, -0.05) is 11.8 Å². The van der Waals surface area contributed by atoms with E-state index >= 15 is 0 Å². The molecular formula is C9H7F3N4S. The third-order valence-electron chi connectivity index (χ3n) is 2.01. The van der Waals surface area contributed by atoms with Crippen molar-refractivity contribution in [2.75, 3.05) is 12.0 Å². The van der Waals surface area contributed by atoms with Crippen molar-refractivity contribution < 1.29 is 13.2 Å². The molecule has 0 radical (unpaired) electrons. The summed E-state index contributed by atoms with van der Waals surface area (Å²) in [6, 6.07) is 1.12. The number of thioether (sulfide) groups is 1. The number of hydrogen-bond acceptors (Lipinski definition) is 4. The van der Waals surface area contributed by atoms with Crippen molar-refractivity contribution in [1.29, 1.82) is 0 Å². The lowest BCUT2D eigenvalue weighted by molar-refractivity contribution is 0.491. The predicted molar refractivity (Wildman–Crippen MR) is 57.4 cm³/mol. The first-order chi connectivity index (χ1) is 8.02. The van der Waals surface area contributed by atoms with E-state index in [4.69, 9.17) is 5.73 Å². The van der Waals surface area contributed by atoms with Crippen LogP contribution >= 0.6 is 11.8 Å². The number of anilines is 1. The summed E-state index contributed by atoms with van der Waals surface area (Å²) >= 11 is 1.20. The summed E-state index contributed by atoms with van der Waals surface area (Å²) < 4.78 is 40.1. The second-order valence-electron chi connectivity index (χ2n) is 3.09. The second kappa shape index (κ2) is 4.28. The van der Waals surface area contributed by atoms with E-state index in [-0.39, 0.29) is 11.6 Å². The molecule has 8 heteroatoms. The predicted octanol–water partition coefficient (Wildman–Crippen LogP) is 1.99. The maximum Gasteiger partial charge on any atom is 0.224 e. The van der Waals surface area contributed by atoms with Crippen molar-refractivity contribution in [3.8, 4) is 5.69 Å². The zero-order chi connectivity index (χ0) is 12.6. The highest BCUT2D eigenvalue weighted by atomic mass is 32.2. The van der Waals surface area contributed by atoms with Crippen LogP contribution < -0.4 is 5.73 Å². The van der Waals surface area contributed by atoms with E-state index < -0.39 is 17.5 Å². The van der Waals surface area contributed by atoms with Gasteiger partial charge in [0.2, 0.25) is 11.1 Å². The Morgan fingerprint density at radius 1 is 1.18 bits per heavy atom. The molecule has 0 saturated carbocycles. The third kappa shape index (κ3) is 2.07. The maximum atomic E-state index is 13.5. The largest absolute Gasteiger partial charge is 0.368 e. The molecule has 1 heterocycles. The van der Waals surface area contributed by atoms with Crippen molar-refractivity contribution in [2.24, 2.45) is 0 Å². The van der Waals surface area contributed by atoms with Gasteiger partial charge in [-0.25, -0.2) is 13.2 Å². The topological polar surface area (TPSA) is 56.7 Å². The number of nitrogens with two attached hydrogens (primary N) is 1. The average Bonchev–Trinajstić information content (AvgIpc) is 2.65. The smallest absolute Gasteiger partial charge is 0.224 e. The number of rotatable bonds is 2. The van der Waals surface area contributed by atoms with Crippen LogP contribution in [0.25, 0.3) is 5.69 Å². The van der Waals surface area contributed by atoms with Crippen molar-refractivity contribution >= 4 is 17.7 Å². The Bertz CT molecular complexity index is 570. The number of nitrogen functional groups attached to an aromatic ring is 1. The molecule has 2 N–H and O–H groups in total. The van der Waals surface area contributed by atoms with Crippen molar-refractivity contribution in [3.63, 3.8) is 0 Å². The van der Waals surface area contributed by atoms with Gasteiger partial charge in [-0.15, -0.1) is 5.10 Å². The lowest BCUT2D eigenvalue weighted by Gasteiger charge is -2.04.